The van der Waals surface area contributed by atoms with Gasteiger partial charge in [-0.15, -0.1) is 0 Å². The molecule has 1 fully saturated rings. The smallest absolute Gasteiger partial charge is 0.162 e. The molecule has 1 aliphatic rings. The molecule has 1 saturated heterocycles. The lowest BCUT2D eigenvalue weighted by molar-refractivity contribution is -0.0260. The summed E-state index contributed by atoms with van der Waals surface area (Å²) in [5.41, 5.74) is 1.99. The van der Waals surface area contributed by atoms with Crippen molar-refractivity contribution in [1.82, 2.24) is 4.90 Å². The molecule has 138 valence electrons. The maximum atomic E-state index is 12.9. The quantitative estimate of drug-likeness (QED) is 0.794. The van der Waals surface area contributed by atoms with Gasteiger partial charge in [-0.25, -0.2) is 4.39 Å². The van der Waals surface area contributed by atoms with Gasteiger partial charge in [0, 0.05) is 25.1 Å². The number of rotatable bonds is 6. The van der Waals surface area contributed by atoms with Gasteiger partial charge in [0.2, 0.25) is 0 Å². The van der Waals surface area contributed by atoms with Crippen molar-refractivity contribution in [3.63, 3.8) is 0 Å². The third-order valence-electron chi connectivity index (χ3n) is 5.28. The number of halogens is 1. The van der Waals surface area contributed by atoms with E-state index in [0.29, 0.717) is 24.8 Å². The third-order valence-corrected chi connectivity index (χ3v) is 5.28. The molecule has 0 radical (unpaired) electrons. The molecule has 2 aromatic carbocycles. The average Bonchev–Trinajstić information content (AvgIpc) is 2.64. The molecule has 0 saturated carbocycles. The Morgan fingerprint density at radius 2 is 1.85 bits per heavy atom. The van der Waals surface area contributed by atoms with Gasteiger partial charge in [-0.3, -0.25) is 4.79 Å². The Morgan fingerprint density at radius 1 is 1.15 bits per heavy atom. The van der Waals surface area contributed by atoms with E-state index in [-0.39, 0.29) is 11.6 Å². The van der Waals surface area contributed by atoms with Gasteiger partial charge < -0.3 is 10.0 Å². The SMILES string of the molecule is Cc1cccc(C2(O)CCN(CCCC(=O)c3ccc(F)cc3)CC2)c1. The summed E-state index contributed by atoms with van der Waals surface area (Å²) in [6, 6.07) is 13.8. The Bertz CT molecular complexity index is 749. The standard InChI is InChI=1S/C22H26FNO2/c1-17-4-2-5-19(16-17)22(26)11-14-24(15-12-22)13-3-6-21(25)18-7-9-20(23)10-8-18/h2,4-5,7-10,16,26H,3,6,11-15H2,1H3. The molecule has 2 aromatic rings. The van der Waals surface area contributed by atoms with Crippen LogP contribution in [0.3, 0.4) is 0 Å². The number of aliphatic hydroxyl groups is 1. The third kappa shape index (κ3) is 4.57. The zero-order valence-corrected chi connectivity index (χ0v) is 15.2. The van der Waals surface area contributed by atoms with Crippen molar-refractivity contribution >= 4 is 5.78 Å². The Morgan fingerprint density at radius 3 is 2.50 bits per heavy atom. The van der Waals surface area contributed by atoms with Crippen LogP contribution in [-0.4, -0.2) is 35.4 Å². The summed E-state index contributed by atoms with van der Waals surface area (Å²) in [6.07, 6.45) is 2.66. The van der Waals surface area contributed by atoms with E-state index in [2.05, 4.69) is 11.0 Å². The minimum absolute atomic E-state index is 0.0540. The number of Topliss-reactive ketones (excluding diaryl/α,β-unsaturated/α-hetero) is 1. The number of likely N-dealkylation sites (tertiary alicyclic amines) is 1. The predicted octanol–water partition coefficient (Wildman–Crippen LogP) is 4.08. The summed E-state index contributed by atoms with van der Waals surface area (Å²) in [5.74, 6) is -0.269. The second-order valence-electron chi connectivity index (χ2n) is 7.28. The van der Waals surface area contributed by atoms with Crippen molar-refractivity contribution in [2.75, 3.05) is 19.6 Å². The molecule has 0 aliphatic carbocycles. The number of hydrogen-bond acceptors (Lipinski definition) is 3. The Labute approximate surface area is 154 Å². The highest BCUT2D eigenvalue weighted by molar-refractivity contribution is 5.95. The molecule has 0 amide bonds. The van der Waals surface area contributed by atoms with Crippen molar-refractivity contribution in [2.45, 2.75) is 38.2 Å². The van der Waals surface area contributed by atoms with E-state index in [1.165, 1.54) is 12.1 Å². The fourth-order valence-electron chi connectivity index (χ4n) is 3.61. The monoisotopic (exact) mass is 355 g/mol. The van der Waals surface area contributed by atoms with Crippen molar-refractivity contribution in [2.24, 2.45) is 0 Å². The van der Waals surface area contributed by atoms with Crippen molar-refractivity contribution in [3.8, 4) is 0 Å². The van der Waals surface area contributed by atoms with E-state index in [9.17, 15) is 14.3 Å². The fraction of sp³-hybridized carbons (Fsp3) is 0.409. The first-order valence-corrected chi connectivity index (χ1v) is 9.27. The molecule has 0 spiro atoms. The molecule has 3 rings (SSSR count). The lowest BCUT2D eigenvalue weighted by Crippen LogP contribution is -2.43. The van der Waals surface area contributed by atoms with Gasteiger partial charge in [-0.05, 0) is 62.6 Å². The molecular weight excluding hydrogens is 329 g/mol. The molecule has 4 heteroatoms. The molecule has 1 N–H and O–H groups in total. The fourth-order valence-corrected chi connectivity index (χ4v) is 3.61. The minimum Gasteiger partial charge on any atom is -0.385 e. The highest BCUT2D eigenvalue weighted by Crippen LogP contribution is 2.33. The number of hydrogen-bond donors (Lipinski definition) is 1. The maximum Gasteiger partial charge on any atom is 0.162 e. The van der Waals surface area contributed by atoms with Crippen LogP contribution in [0.5, 0.6) is 0 Å². The van der Waals surface area contributed by atoms with Crippen LogP contribution in [-0.2, 0) is 5.60 Å². The zero-order chi connectivity index (χ0) is 18.6. The zero-order valence-electron chi connectivity index (χ0n) is 15.2. The molecule has 1 heterocycles. The van der Waals surface area contributed by atoms with Crippen LogP contribution < -0.4 is 0 Å². The van der Waals surface area contributed by atoms with Crippen LogP contribution in [0.15, 0.2) is 48.5 Å². The number of benzene rings is 2. The molecule has 0 bridgehead atoms. The number of nitrogens with zero attached hydrogens (tertiary/aromatic N) is 1. The summed E-state index contributed by atoms with van der Waals surface area (Å²) in [5, 5.41) is 11.0. The highest BCUT2D eigenvalue weighted by Gasteiger charge is 2.33. The summed E-state index contributed by atoms with van der Waals surface area (Å²) >= 11 is 0. The van der Waals surface area contributed by atoms with Gasteiger partial charge in [-0.1, -0.05) is 29.8 Å². The molecular formula is C22H26FNO2. The molecule has 0 atom stereocenters. The van der Waals surface area contributed by atoms with Crippen LogP contribution >= 0.6 is 0 Å². The molecule has 0 unspecified atom stereocenters. The summed E-state index contributed by atoms with van der Waals surface area (Å²) in [6.45, 7) is 4.54. The second kappa shape index (κ2) is 8.11. The van der Waals surface area contributed by atoms with Gasteiger partial charge in [0.25, 0.3) is 0 Å². The normalized spacial score (nSPS) is 17.2. The van der Waals surface area contributed by atoms with Crippen LogP contribution in [0, 0.1) is 12.7 Å². The van der Waals surface area contributed by atoms with Crippen LogP contribution in [0.2, 0.25) is 0 Å². The Balaban J connectivity index is 1.45. The van der Waals surface area contributed by atoms with Gasteiger partial charge in [0.15, 0.2) is 5.78 Å². The number of aryl methyl sites for hydroxylation is 1. The van der Waals surface area contributed by atoms with Crippen molar-refractivity contribution in [3.05, 3.63) is 71.0 Å². The van der Waals surface area contributed by atoms with E-state index in [1.54, 1.807) is 12.1 Å². The first-order valence-electron chi connectivity index (χ1n) is 9.27. The van der Waals surface area contributed by atoms with Gasteiger partial charge in [0.1, 0.15) is 5.82 Å². The van der Waals surface area contributed by atoms with Gasteiger partial charge in [-0.2, -0.15) is 0 Å². The summed E-state index contributed by atoms with van der Waals surface area (Å²) in [7, 11) is 0. The van der Waals surface area contributed by atoms with Gasteiger partial charge >= 0.3 is 0 Å². The highest BCUT2D eigenvalue weighted by atomic mass is 19.1. The topological polar surface area (TPSA) is 40.5 Å². The van der Waals surface area contributed by atoms with Crippen molar-refractivity contribution < 1.29 is 14.3 Å². The number of carbonyl (C=O) groups excluding carboxylic acids is 1. The molecule has 0 aromatic heterocycles. The first-order chi connectivity index (χ1) is 12.5. The van der Waals surface area contributed by atoms with Crippen LogP contribution in [0.25, 0.3) is 0 Å². The Kier molecular flexibility index (Phi) is 5.84. The first kappa shape index (κ1) is 18.7. The summed E-state index contributed by atoms with van der Waals surface area (Å²) < 4.78 is 12.9. The van der Waals surface area contributed by atoms with Crippen molar-refractivity contribution in [1.29, 1.82) is 0 Å². The summed E-state index contributed by atoms with van der Waals surface area (Å²) in [4.78, 5) is 14.4. The average molecular weight is 355 g/mol. The molecule has 1 aliphatic heterocycles. The second-order valence-corrected chi connectivity index (χ2v) is 7.28. The number of ketones is 1. The lowest BCUT2D eigenvalue weighted by atomic mass is 9.84. The van der Waals surface area contributed by atoms with E-state index >= 15 is 0 Å². The van der Waals surface area contributed by atoms with Crippen LogP contribution in [0.1, 0.15) is 47.2 Å². The largest absolute Gasteiger partial charge is 0.385 e. The van der Waals surface area contributed by atoms with E-state index < -0.39 is 5.60 Å². The Hall–Kier alpha value is -2.04. The molecule has 3 nitrogen and oxygen atoms in total. The minimum atomic E-state index is -0.744. The maximum absolute atomic E-state index is 12.9. The predicted molar refractivity (Wildman–Crippen MR) is 101 cm³/mol. The van der Waals surface area contributed by atoms with E-state index in [4.69, 9.17) is 0 Å². The number of piperidine rings is 1. The van der Waals surface area contributed by atoms with Gasteiger partial charge in [0.05, 0.1) is 5.60 Å². The van der Waals surface area contributed by atoms with E-state index in [1.807, 2.05) is 25.1 Å². The number of carbonyl (C=O) groups is 1. The lowest BCUT2D eigenvalue weighted by Gasteiger charge is -2.38. The molecule has 26 heavy (non-hydrogen) atoms. The van der Waals surface area contributed by atoms with E-state index in [0.717, 1.165) is 37.2 Å². The van der Waals surface area contributed by atoms with Crippen LogP contribution in [0.4, 0.5) is 4.39 Å².